The van der Waals surface area contributed by atoms with E-state index in [1.165, 1.54) is 16.8 Å². The molecule has 1 aliphatic heterocycles. The summed E-state index contributed by atoms with van der Waals surface area (Å²) in [5.74, 6) is -1.81. The Morgan fingerprint density at radius 1 is 1.10 bits per heavy atom. The standard InChI is InChI=1S/C27H33F2N5O5S/c1-18-25(34(20-7-5-4-6-8-20)32-26(18)39-13-14-40(3,36)37)31-27(35)30-24-17-33(11-12-38-2)16-21(24)19-9-10-22(28)23(29)15-19/h4-10,15,21,24H,11-14,16-17H2,1-3H3,(H2,30,31,35)/t21-,24+/m0/s1. The number of anilines is 1. The number of halogens is 2. The Hall–Kier alpha value is -3.55. The number of nitrogens with zero attached hydrogens (tertiary/aromatic N) is 3. The van der Waals surface area contributed by atoms with E-state index >= 15 is 0 Å². The van der Waals surface area contributed by atoms with E-state index < -0.39 is 33.5 Å². The zero-order valence-corrected chi connectivity index (χ0v) is 23.4. The Morgan fingerprint density at radius 3 is 2.52 bits per heavy atom. The monoisotopic (exact) mass is 577 g/mol. The number of methoxy groups -OCH3 is 1. The van der Waals surface area contributed by atoms with Gasteiger partial charge in [-0.3, -0.25) is 10.2 Å². The number of urea groups is 1. The number of hydrogen-bond donors (Lipinski definition) is 2. The predicted molar refractivity (Wildman–Crippen MR) is 147 cm³/mol. The van der Waals surface area contributed by atoms with Gasteiger partial charge in [0.05, 0.1) is 29.7 Å². The van der Waals surface area contributed by atoms with Crippen molar-refractivity contribution in [1.82, 2.24) is 20.0 Å². The number of sulfone groups is 1. The third-order valence-electron chi connectivity index (χ3n) is 6.70. The summed E-state index contributed by atoms with van der Waals surface area (Å²) in [4.78, 5) is 15.4. The molecule has 2 atom stereocenters. The van der Waals surface area contributed by atoms with Crippen molar-refractivity contribution in [1.29, 1.82) is 0 Å². The number of para-hydroxylation sites is 1. The first kappa shape index (κ1) is 29.4. The molecule has 3 aromatic rings. The van der Waals surface area contributed by atoms with Crippen LogP contribution in [0.5, 0.6) is 5.88 Å². The van der Waals surface area contributed by atoms with E-state index in [2.05, 4.69) is 20.6 Å². The number of benzene rings is 2. The zero-order chi connectivity index (χ0) is 28.9. The first-order valence-electron chi connectivity index (χ1n) is 12.7. The van der Waals surface area contributed by atoms with Gasteiger partial charge in [0.15, 0.2) is 21.5 Å². The summed E-state index contributed by atoms with van der Waals surface area (Å²) >= 11 is 0. The Balaban J connectivity index is 1.56. The largest absolute Gasteiger partial charge is 0.475 e. The maximum Gasteiger partial charge on any atom is 0.320 e. The summed E-state index contributed by atoms with van der Waals surface area (Å²) in [6, 6.07) is 12.0. The molecular weight excluding hydrogens is 544 g/mol. The fraction of sp³-hybridized carbons (Fsp3) is 0.407. The lowest BCUT2D eigenvalue weighted by Gasteiger charge is -2.21. The number of hydrogen-bond acceptors (Lipinski definition) is 7. The molecule has 2 N–H and O–H groups in total. The van der Waals surface area contributed by atoms with Gasteiger partial charge in [0.1, 0.15) is 12.4 Å². The third-order valence-corrected chi connectivity index (χ3v) is 7.61. The van der Waals surface area contributed by atoms with Crippen LogP contribution in [-0.4, -0.2) is 87.1 Å². The van der Waals surface area contributed by atoms with Crippen molar-refractivity contribution in [2.24, 2.45) is 0 Å². The molecule has 13 heteroatoms. The van der Waals surface area contributed by atoms with Gasteiger partial charge in [0, 0.05) is 38.9 Å². The van der Waals surface area contributed by atoms with Gasteiger partial charge in [-0.05, 0) is 36.8 Å². The molecule has 10 nitrogen and oxygen atoms in total. The molecule has 1 aliphatic rings. The Bertz CT molecular complexity index is 1430. The molecular formula is C27H33F2N5O5S. The number of carbonyl (C=O) groups is 1. The van der Waals surface area contributed by atoms with Crippen molar-refractivity contribution >= 4 is 21.7 Å². The molecule has 1 saturated heterocycles. The first-order valence-corrected chi connectivity index (χ1v) is 14.8. The Morgan fingerprint density at radius 2 is 1.85 bits per heavy atom. The van der Waals surface area contributed by atoms with Crippen LogP contribution in [0.1, 0.15) is 17.0 Å². The molecule has 40 heavy (non-hydrogen) atoms. The van der Waals surface area contributed by atoms with Crippen molar-refractivity contribution < 1.29 is 31.5 Å². The van der Waals surface area contributed by atoms with E-state index in [1.807, 2.05) is 18.2 Å². The molecule has 4 rings (SSSR count). The second kappa shape index (κ2) is 12.7. The van der Waals surface area contributed by atoms with Crippen molar-refractivity contribution in [3.63, 3.8) is 0 Å². The van der Waals surface area contributed by atoms with Gasteiger partial charge in [-0.1, -0.05) is 24.3 Å². The van der Waals surface area contributed by atoms with Crippen LogP contribution in [-0.2, 0) is 14.6 Å². The molecule has 0 unspecified atom stereocenters. The number of nitrogens with one attached hydrogen (secondary N) is 2. The zero-order valence-electron chi connectivity index (χ0n) is 22.6. The second-order valence-corrected chi connectivity index (χ2v) is 12.0. The average molecular weight is 578 g/mol. The van der Waals surface area contributed by atoms with Gasteiger partial charge in [0.25, 0.3) is 0 Å². The van der Waals surface area contributed by atoms with Crippen molar-refractivity contribution in [2.75, 3.05) is 57.3 Å². The van der Waals surface area contributed by atoms with Crippen molar-refractivity contribution in [3.05, 3.63) is 71.3 Å². The van der Waals surface area contributed by atoms with E-state index in [4.69, 9.17) is 9.47 Å². The lowest BCUT2D eigenvalue weighted by Crippen LogP contribution is -2.42. The Kier molecular flexibility index (Phi) is 9.38. The van der Waals surface area contributed by atoms with Crippen LogP contribution in [0.4, 0.5) is 19.4 Å². The van der Waals surface area contributed by atoms with Crippen LogP contribution in [0.15, 0.2) is 48.5 Å². The number of likely N-dealkylation sites (tertiary alicyclic amines) is 1. The summed E-state index contributed by atoms with van der Waals surface area (Å²) < 4.78 is 63.1. The minimum Gasteiger partial charge on any atom is -0.475 e. The van der Waals surface area contributed by atoms with Crippen molar-refractivity contribution in [2.45, 2.75) is 18.9 Å². The maximum absolute atomic E-state index is 14.1. The highest BCUT2D eigenvalue weighted by Crippen LogP contribution is 2.31. The van der Waals surface area contributed by atoms with Crippen LogP contribution in [0.25, 0.3) is 5.69 Å². The fourth-order valence-corrected chi connectivity index (χ4v) is 5.02. The normalized spacial score (nSPS) is 17.6. The summed E-state index contributed by atoms with van der Waals surface area (Å²) in [7, 11) is -1.63. The Labute approximate surface area is 232 Å². The van der Waals surface area contributed by atoms with Crippen LogP contribution in [0, 0.1) is 18.6 Å². The number of aromatic nitrogens is 2. The lowest BCUT2D eigenvalue weighted by molar-refractivity contribution is 0.159. The quantitative estimate of drug-likeness (QED) is 0.360. The minimum atomic E-state index is -3.23. The fourth-order valence-electron chi connectivity index (χ4n) is 4.63. The first-order chi connectivity index (χ1) is 19.1. The van der Waals surface area contributed by atoms with Crippen LogP contribution >= 0.6 is 0 Å². The SMILES string of the molecule is COCCN1C[C@@H](NC(=O)Nc2c(C)c(OCCS(C)(=O)=O)nn2-c2ccccc2)[C@H](c2ccc(F)c(F)c2)C1. The van der Waals surface area contributed by atoms with Gasteiger partial charge in [0.2, 0.25) is 5.88 Å². The molecule has 2 aromatic carbocycles. The lowest BCUT2D eigenvalue weighted by atomic mass is 9.94. The molecule has 0 spiro atoms. The van der Waals surface area contributed by atoms with Gasteiger partial charge < -0.3 is 14.8 Å². The number of carbonyl (C=O) groups excluding carboxylic acids is 1. The van der Waals surface area contributed by atoms with Gasteiger partial charge in [-0.15, -0.1) is 5.10 Å². The third kappa shape index (κ3) is 7.34. The van der Waals surface area contributed by atoms with Gasteiger partial charge in [-0.2, -0.15) is 0 Å². The highest BCUT2D eigenvalue weighted by molar-refractivity contribution is 7.90. The smallest absolute Gasteiger partial charge is 0.320 e. The molecule has 0 aliphatic carbocycles. The number of ether oxygens (including phenoxy) is 2. The molecule has 216 valence electrons. The van der Waals surface area contributed by atoms with Gasteiger partial charge in [-0.25, -0.2) is 26.7 Å². The number of rotatable bonds is 11. The van der Waals surface area contributed by atoms with Crippen LogP contribution < -0.4 is 15.4 Å². The summed E-state index contributed by atoms with van der Waals surface area (Å²) in [5, 5.41) is 10.3. The number of amides is 2. The second-order valence-electron chi connectivity index (χ2n) is 9.74. The predicted octanol–water partition coefficient (Wildman–Crippen LogP) is 3.12. The van der Waals surface area contributed by atoms with E-state index in [0.717, 1.165) is 12.3 Å². The molecule has 1 fully saturated rings. The van der Waals surface area contributed by atoms with E-state index in [9.17, 15) is 22.0 Å². The van der Waals surface area contributed by atoms with E-state index in [-0.39, 0.29) is 24.2 Å². The molecule has 2 heterocycles. The topological polar surface area (TPSA) is 115 Å². The minimum absolute atomic E-state index is 0.0909. The maximum atomic E-state index is 14.1. The van der Waals surface area contributed by atoms with Gasteiger partial charge >= 0.3 is 6.03 Å². The van der Waals surface area contributed by atoms with E-state index in [1.54, 1.807) is 26.2 Å². The molecule has 0 bridgehead atoms. The average Bonchev–Trinajstić information content (AvgIpc) is 3.45. The molecule has 1 aromatic heterocycles. The molecule has 0 radical (unpaired) electrons. The summed E-state index contributed by atoms with van der Waals surface area (Å²) in [6.45, 7) is 3.73. The summed E-state index contributed by atoms with van der Waals surface area (Å²) in [6.07, 6.45) is 1.12. The van der Waals surface area contributed by atoms with Crippen LogP contribution in [0.2, 0.25) is 0 Å². The van der Waals surface area contributed by atoms with Crippen LogP contribution in [0.3, 0.4) is 0 Å². The molecule has 2 amide bonds. The highest BCUT2D eigenvalue weighted by atomic mass is 32.2. The summed E-state index contributed by atoms with van der Waals surface area (Å²) in [5.41, 5.74) is 1.75. The van der Waals surface area contributed by atoms with E-state index in [0.29, 0.717) is 48.9 Å². The van der Waals surface area contributed by atoms with Crippen molar-refractivity contribution in [3.8, 4) is 11.6 Å². The highest BCUT2D eigenvalue weighted by Gasteiger charge is 2.35. The molecule has 0 saturated carbocycles.